The van der Waals surface area contributed by atoms with Crippen LogP contribution < -0.4 is 16.9 Å². The first-order valence-corrected chi connectivity index (χ1v) is 18.0. The van der Waals surface area contributed by atoms with Crippen molar-refractivity contribution in [1.29, 1.82) is 0 Å². The summed E-state index contributed by atoms with van der Waals surface area (Å²) in [5.74, 6) is 5.26. The van der Waals surface area contributed by atoms with E-state index in [0.717, 1.165) is 55.5 Å². The van der Waals surface area contributed by atoms with Crippen molar-refractivity contribution in [1.82, 2.24) is 10.4 Å². The van der Waals surface area contributed by atoms with E-state index in [9.17, 15) is 0 Å². The fraction of sp³-hybridized carbons (Fsp3) is 0.868. The second-order valence-electron chi connectivity index (χ2n) is 16.7. The van der Waals surface area contributed by atoms with Crippen molar-refractivity contribution in [3.63, 3.8) is 0 Å². The number of rotatable bonds is 15. The topological polar surface area (TPSA) is 67.3 Å². The Kier molecular flexibility index (Phi) is 11.6. The molecule has 0 saturated heterocycles. The number of allylic oxidation sites excluding steroid dienone is 3. The van der Waals surface area contributed by atoms with Gasteiger partial charge in [0.2, 0.25) is 0 Å². The molecule has 4 rings (SSSR count). The van der Waals surface area contributed by atoms with E-state index in [0.29, 0.717) is 29.8 Å². The lowest BCUT2D eigenvalue weighted by Gasteiger charge is -2.58. The Morgan fingerprint density at radius 2 is 1.88 bits per heavy atom. The smallest absolute Gasteiger partial charge is 0.0707 e. The molecule has 240 valence electrons. The van der Waals surface area contributed by atoms with Crippen LogP contribution in [0.15, 0.2) is 29.7 Å². The lowest BCUT2D eigenvalue weighted by Crippen LogP contribution is -2.50. The van der Waals surface area contributed by atoms with Gasteiger partial charge in [0.25, 0.3) is 0 Å². The molecule has 42 heavy (non-hydrogen) atoms. The van der Waals surface area contributed by atoms with Crippen LogP contribution in [-0.4, -0.2) is 31.2 Å². The van der Waals surface area contributed by atoms with Gasteiger partial charge < -0.3 is 16.5 Å². The average Bonchev–Trinajstić information content (AvgIpc) is 3.30. The molecule has 0 heterocycles. The molecule has 0 spiro atoms. The van der Waals surface area contributed by atoms with Crippen molar-refractivity contribution in [2.24, 2.45) is 63.2 Å². The van der Waals surface area contributed by atoms with Crippen LogP contribution in [0.4, 0.5) is 0 Å². The number of hydrogen-bond donors (Lipinski definition) is 3. The van der Waals surface area contributed by atoms with Gasteiger partial charge in [0.15, 0.2) is 0 Å². The van der Waals surface area contributed by atoms with Gasteiger partial charge in [0, 0.05) is 13.1 Å². The Balaban J connectivity index is 1.39. The first kappa shape index (κ1) is 33.8. The summed E-state index contributed by atoms with van der Waals surface area (Å²) in [6.45, 7) is 21.8. The Morgan fingerprint density at radius 1 is 1.10 bits per heavy atom. The van der Waals surface area contributed by atoms with Gasteiger partial charge in [-0.05, 0) is 135 Å². The molecule has 4 nitrogen and oxygen atoms in total. The summed E-state index contributed by atoms with van der Waals surface area (Å²) in [6, 6.07) is 0. The molecule has 0 aliphatic heterocycles. The second-order valence-corrected chi connectivity index (χ2v) is 16.7. The molecule has 0 radical (unpaired) electrons. The van der Waals surface area contributed by atoms with E-state index in [1.54, 1.807) is 5.57 Å². The molecule has 4 heteroatoms. The van der Waals surface area contributed by atoms with Gasteiger partial charge >= 0.3 is 0 Å². The van der Waals surface area contributed by atoms with Gasteiger partial charge in [-0.1, -0.05) is 79.0 Å². The van der Waals surface area contributed by atoms with E-state index < -0.39 is 0 Å². The third-order valence-corrected chi connectivity index (χ3v) is 12.9. The van der Waals surface area contributed by atoms with Crippen LogP contribution in [0.2, 0.25) is 0 Å². The van der Waals surface area contributed by atoms with Gasteiger partial charge in [0.1, 0.15) is 0 Å². The van der Waals surface area contributed by atoms with Crippen molar-refractivity contribution in [2.45, 2.75) is 131 Å². The zero-order valence-electron chi connectivity index (χ0n) is 28.6. The van der Waals surface area contributed by atoms with Crippen LogP contribution in [0.5, 0.6) is 0 Å². The minimum absolute atomic E-state index is 0.0481. The summed E-state index contributed by atoms with van der Waals surface area (Å²) in [5, 5.41) is 2.29. The molecule has 4 aliphatic rings. The summed E-state index contributed by atoms with van der Waals surface area (Å²) in [5.41, 5.74) is 23.0. The van der Waals surface area contributed by atoms with E-state index in [1.165, 1.54) is 82.7 Å². The predicted octanol–water partition coefficient (Wildman–Crippen LogP) is 8.60. The molecular formula is C38H68N4. The van der Waals surface area contributed by atoms with E-state index in [2.05, 4.69) is 70.4 Å². The van der Waals surface area contributed by atoms with E-state index in [4.69, 9.17) is 11.5 Å². The van der Waals surface area contributed by atoms with Crippen molar-refractivity contribution in [3.05, 3.63) is 29.7 Å². The predicted molar refractivity (Wildman–Crippen MR) is 180 cm³/mol. The van der Waals surface area contributed by atoms with Crippen LogP contribution in [0.1, 0.15) is 131 Å². The molecule has 5 N–H and O–H groups in total. The zero-order valence-corrected chi connectivity index (χ0v) is 28.6. The van der Waals surface area contributed by atoms with Crippen LogP contribution in [0, 0.1) is 51.8 Å². The summed E-state index contributed by atoms with van der Waals surface area (Å²) >= 11 is 0. The van der Waals surface area contributed by atoms with Gasteiger partial charge in [-0.3, -0.25) is 0 Å². The normalized spacial score (nSPS) is 34.3. The highest BCUT2D eigenvalue weighted by Crippen LogP contribution is 2.67. The van der Waals surface area contributed by atoms with Crippen LogP contribution >= 0.6 is 0 Å². The largest absolute Gasteiger partial charge is 0.330 e. The van der Waals surface area contributed by atoms with Crippen molar-refractivity contribution in [3.8, 4) is 0 Å². The Morgan fingerprint density at radius 3 is 2.57 bits per heavy atom. The van der Waals surface area contributed by atoms with Crippen molar-refractivity contribution >= 4 is 0 Å². The number of nitrogens with one attached hydrogen (secondary N) is 1. The number of nitrogens with two attached hydrogens (primary N) is 2. The maximum absolute atomic E-state index is 6.03. The first-order chi connectivity index (χ1) is 20.0. The molecule has 0 bridgehead atoms. The second kappa shape index (κ2) is 14.4. The van der Waals surface area contributed by atoms with Gasteiger partial charge in [-0.2, -0.15) is 0 Å². The maximum atomic E-state index is 6.03. The van der Waals surface area contributed by atoms with Gasteiger partial charge in [-0.15, -0.1) is 5.73 Å². The molecule has 0 aromatic carbocycles. The number of hydrogen-bond acceptors (Lipinski definition) is 4. The molecule has 0 amide bonds. The molecule has 4 aliphatic carbocycles. The molecule has 0 aromatic heterocycles. The highest BCUT2D eigenvalue weighted by molar-refractivity contribution is 5.25. The minimum Gasteiger partial charge on any atom is -0.330 e. The van der Waals surface area contributed by atoms with Crippen molar-refractivity contribution < 1.29 is 0 Å². The lowest BCUT2D eigenvalue weighted by molar-refractivity contribution is -0.0457. The highest BCUT2D eigenvalue weighted by atomic mass is 15.5. The average molecular weight is 581 g/mol. The summed E-state index contributed by atoms with van der Waals surface area (Å²) in [7, 11) is 0. The molecule has 7 unspecified atom stereocenters. The maximum Gasteiger partial charge on any atom is 0.0707 e. The van der Waals surface area contributed by atoms with Crippen LogP contribution in [0.25, 0.3) is 0 Å². The SMILES string of the molecule is C=C=C(CC1CCC2(C)C(=CCC3C2CCC2(C)C(CCCCC(C)C)CCC32)C1)N(CCCN)NCC(C)(C)CN. The third-order valence-electron chi connectivity index (χ3n) is 12.9. The molecule has 3 saturated carbocycles. The van der Waals surface area contributed by atoms with Crippen LogP contribution in [0.3, 0.4) is 0 Å². The summed E-state index contributed by atoms with van der Waals surface area (Å²) in [6.07, 6.45) is 21.7. The van der Waals surface area contributed by atoms with Crippen molar-refractivity contribution in [2.75, 3.05) is 26.2 Å². The minimum atomic E-state index is 0.0481. The zero-order chi connectivity index (χ0) is 30.5. The highest BCUT2D eigenvalue weighted by Gasteiger charge is 2.58. The first-order valence-electron chi connectivity index (χ1n) is 18.0. The molecule has 0 aromatic rings. The van der Waals surface area contributed by atoms with E-state index in [1.807, 2.05) is 0 Å². The monoisotopic (exact) mass is 581 g/mol. The Labute approximate surface area is 260 Å². The molecule has 7 atom stereocenters. The third kappa shape index (κ3) is 7.42. The quantitative estimate of drug-likeness (QED) is 0.0785. The fourth-order valence-corrected chi connectivity index (χ4v) is 9.93. The number of unbranched alkanes of at least 4 members (excludes halogenated alkanes) is 1. The number of nitrogens with zero attached hydrogens (tertiary/aromatic N) is 1. The Bertz CT molecular complexity index is 960. The standard InChI is InChI=1S/C38H68N4/c1-8-32(42(23-11-22-39)41-27-36(4,5)26-40)25-29-18-20-38(7)31(24-29)14-16-33-34-17-15-30(13-10-9-12-28(2)3)37(34,6)21-19-35(33)38/h14,28-30,33-35,41H,1,9-13,15-27,39-40H2,2-7H3. The van der Waals surface area contributed by atoms with E-state index in [-0.39, 0.29) is 5.41 Å². The van der Waals surface area contributed by atoms with Gasteiger partial charge in [0.05, 0.1) is 5.70 Å². The summed E-state index contributed by atoms with van der Waals surface area (Å²) in [4.78, 5) is 0. The van der Waals surface area contributed by atoms with E-state index >= 15 is 0 Å². The molecular weight excluding hydrogens is 512 g/mol. The number of hydrazine groups is 1. The van der Waals surface area contributed by atoms with Crippen LogP contribution in [-0.2, 0) is 0 Å². The Hall–Kier alpha value is -1.06. The fourth-order valence-electron chi connectivity index (χ4n) is 9.93. The lowest BCUT2D eigenvalue weighted by atomic mass is 9.46. The van der Waals surface area contributed by atoms with Gasteiger partial charge in [-0.25, -0.2) is 5.43 Å². The summed E-state index contributed by atoms with van der Waals surface area (Å²) < 4.78 is 0. The number of fused-ring (bicyclic) bond motifs is 5. The molecule has 3 fully saturated rings.